The minimum atomic E-state index is -0.179. The molecule has 2 aromatic rings. The minimum Gasteiger partial charge on any atom is -0.382 e. The van der Waals surface area contributed by atoms with E-state index in [1.54, 1.807) is 10.9 Å². The number of nitrogens with one attached hydrogen (secondary N) is 1. The van der Waals surface area contributed by atoms with Gasteiger partial charge in [-0.05, 0) is 69.4 Å². The van der Waals surface area contributed by atoms with E-state index in [0.717, 1.165) is 58.3 Å². The van der Waals surface area contributed by atoms with Gasteiger partial charge in [0.1, 0.15) is 5.02 Å². The number of halogens is 1. The first-order valence-corrected chi connectivity index (χ1v) is 12.5. The molecule has 2 aliphatic carbocycles. The summed E-state index contributed by atoms with van der Waals surface area (Å²) in [6, 6.07) is 12.1. The fourth-order valence-corrected chi connectivity index (χ4v) is 5.51. The van der Waals surface area contributed by atoms with E-state index in [2.05, 4.69) is 45.6 Å². The lowest BCUT2D eigenvalue weighted by molar-refractivity contribution is 0.0595. The Morgan fingerprint density at radius 2 is 1.78 bits per heavy atom. The fraction of sp³-hybridized carbons (Fsp3) is 0.600. The number of aromatic nitrogens is 2. The summed E-state index contributed by atoms with van der Waals surface area (Å²) >= 11 is 6.47. The van der Waals surface area contributed by atoms with Crippen molar-refractivity contribution in [2.45, 2.75) is 69.5 Å². The molecule has 0 spiro atoms. The van der Waals surface area contributed by atoms with Crippen LogP contribution in [-0.2, 0) is 4.74 Å². The molecule has 172 valence electrons. The van der Waals surface area contributed by atoms with Crippen LogP contribution in [0.3, 0.4) is 0 Å². The standard InChI is InChI=1S/C25H33ClN4O2/c26-24-23(27-15-18-5-4-14-32-17-18)16-28-30(25(24)31)22-12-10-21(11-13-22)29(20-8-9-20)19-6-2-1-3-7-19/h1-3,6-7,16,18,20-22,27H,4-5,8-15,17H2/t18-,21?,22?/m1/s1. The van der Waals surface area contributed by atoms with Crippen LogP contribution in [0.1, 0.15) is 57.4 Å². The van der Waals surface area contributed by atoms with Crippen LogP contribution in [-0.4, -0.2) is 41.6 Å². The average molecular weight is 457 g/mol. The Labute approximate surface area is 194 Å². The highest BCUT2D eigenvalue weighted by Gasteiger charge is 2.36. The Balaban J connectivity index is 1.22. The number of hydrogen-bond acceptors (Lipinski definition) is 5. The van der Waals surface area contributed by atoms with Crippen LogP contribution in [0.4, 0.5) is 11.4 Å². The number of benzene rings is 1. The van der Waals surface area contributed by atoms with Gasteiger partial charge < -0.3 is 15.0 Å². The van der Waals surface area contributed by atoms with E-state index >= 15 is 0 Å². The lowest BCUT2D eigenvalue weighted by Gasteiger charge is -2.39. The number of nitrogens with zero attached hydrogens (tertiary/aromatic N) is 3. The summed E-state index contributed by atoms with van der Waals surface area (Å²) in [4.78, 5) is 15.6. The molecule has 0 radical (unpaired) electrons. The van der Waals surface area contributed by atoms with E-state index in [0.29, 0.717) is 23.7 Å². The fourth-order valence-electron chi connectivity index (χ4n) is 5.30. The number of rotatable bonds is 7. The normalized spacial score (nSPS) is 26.0. The maximum Gasteiger partial charge on any atom is 0.287 e. The SMILES string of the molecule is O=c1c(Cl)c(NC[C@H]2CCCOC2)cnn1C1CCC(N(c2ccccc2)C2CC2)CC1. The predicted octanol–water partition coefficient (Wildman–Crippen LogP) is 4.89. The molecule has 0 unspecified atom stereocenters. The van der Waals surface area contributed by atoms with Crippen LogP contribution in [0, 0.1) is 5.92 Å². The van der Waals surface area contributed by atoms with Crippen molar-refractivity contribution in [3.8, 4) is 0 Å². The Kier molecular flexibility index (Phi) is 6.69. The van der Waals surface area contributed by atoms with Gasteiger partial charge >= 0.3 is 0 Å². The maximum absolute atomic E-state index is 13.0. The summed E-state index contributed by atoms with van der Waals surface area (Å²) < 4.78 is 7.16. The largest absolute Gasteiger partial charge is 0.382 e. The molecule has 1 N–H and O–H groups in total. The van der Waals surface area contributed by atoms with Crippen molar-refractivity contribution in [3.05, 3.63) is 51.9 Å². The highest BCUT2D eigenvalue weighted by atomic mass is 35.5. The number of para-hydroxylation sites is 1. The smallest absolute Gasteiger partial charge is 0.287 e. The van der Waals surface area contributed by atoms with Crippen molar-refractivity contribution in [3.63, 3.8) is 0 Å². The lowest BCUT2D eigenvalue weighted by Crippen LogP contribution is -2.41. The molecule has 5 rings (SSSR count). The molecule has 7 heteroatoms. The summed E-state index contributed by atoms with van der Waals surface area (Å²) in [5.41, 5.74) is 1.79. The summed E-state index contributed by atoms with van der Waals surface area (Å²) in [5, 5.41) is 8.09. The van der Waals surface area contributed by atoms with Crippen LogP contribution in [0.25, 0.3) is 0 Å². The Bertz CT molecular complexity index is 948. The predicted molar refractivity (Wildman–Crippen MR) is 129 cm³/mol. The zero-order valence-electron chi connectivity index (χ0n) is 18.6. The quantitative estimate of drug-likeness (QED) is 0.642. The molecular weight excluding hydrogens is 424 g/mol. The van der Waals surface area contributed by atoms with Crippen molar-refractivity contribution in [1.82, 2.24) is 9.78 Å². The molecule has 0 bridgehead atoms. The van der Waals surface area contributed by atoms with E-state index in [1.807, 2.05) is 0 Å². The van der Waals surface area contributed by atoms with Gasteiger partial charge in [0.25, 0.3) is 5.56 Å². The van der Waals surface area contributed by atoms with Crippen molar-refractivity contribution >= 4 is 23.0 Å². The van der Waals surface area contributed by atoms with Gasteiger partial charge in [0.15, 0.2) is 0 Å². The average Bonchev–Trinajstić information content (AvgIpc) is 3.67. The van der Waals surface area contributed by atoms with E-state index in [-0.39, 0.29) is 16.6 Å². The van der Waals surface area contributed by atoms with Gasteiger partial charge in [-0.3, -0.25) is 4.79 Å². The number of ether oxygens (including phenoxy) is 1. The molecule has 2 heterocycles. The van der Waals surface area contributed by atoms with Crippen molar-refractivity contribution in [2.24, 2.45) is 5.92 Å². The summed E-state index contributed by atoms with van der Waals surface area (Å²) in [6.45, 7) is 2.37. The van der Waals surface area contributed by atoms with Crippen LogP contribution >= 0.6 is 11.6 Å². The number of anilines is 2. The lowest BCUT2D eigenvalue weighted by atomic mass is 9.89. The molecule has 1 atom stereocenters. The molecule has 1 saturated heterocycles. The minimum absolute atomic E-state index is 0.119. The molecule has 2 saturated carbocycles. The van der Waals surface area contributed by atoms with Crippen molar-refractivity contribution < 1.29 is 4.74 Å². The Morgan fingerprint density at radius 3 is 2.44 bits per heavy atom. The summed E-state index contributed by atoms with van der Waals surface area (Å²) in [7, 11) is 0. The van der Waals surface area contributed by atoms with Crippen LogP contribution in [0.2, 0.25) is 5.02 Å². The molecule has 1 aromatic heterocycles. The Morgan fingerprint density at radius 1 is 1.06 bits per heavy atom. The second kappa shape index (κ2) is 9.84. The third kappa shape index (κ3) is 4.81. The second-order valence-electron chi connectivity index (χ2n) is 9.52. The van der Waals surface area contributed by atoms with Crippen molar-refractivity contribution in [2.75, 3.05) is 30.0 Å². The first kappa shape index (κ1) is 21.8. The van der Waals surface area contributed by atoms with Gasteiger partial charge in [0.05, 0.1) is 24.5 Å². The van der Waals surface area contributed by atoms with Gasteiger partial charge in [0.2, 0.25) is 0 Å². The highest BCUT2D eigenvalue weighted by Crippen LogP contribution is 2.39. The summed E-state index contributed by atoms with van der Waals surface area (Å²) in [6.07, 6.45) is 10.6. The van der Waals surface area contributed by atoms with E-state index in [1.165, 1.54) is 18.5 Å². The van der Waals surface area contributed by atoms with Crippen LogP contribution in [0.15, 0.2) is 41.3 Å². The Hall–Kier alpha value is -2.05. The zero-order valence-corrected chi connectivity index (χ0v) is 19.3. The molecule has 1 aromatic carbocycles. The molecule has 1 aliphatic heterocycles. The van der Waals surface area contributed by atoms with E-state index < -0.39 is 0 Å². The molecule has 3 aliphatic rings. The van der Waals surface area contributed by atoms with Crippen molar-refractivity contribution in [1.29, 1.82) is 0 Å². The highest BCUT2D eigenvalue weighted by molar-refractivity contribution is 6.32. The molecule has 0 amide bonds. The third-order valence-corrected chi connectivity index (χ3v) is 7.54. The zero-order chi connectivity index (χ0) is 21.9. The molecule has 32 heavy (non-hydrogen) atoms. The van der Waals surface area contributed by atoms with Gasteiger partial charge in [-0.25, -0.2) is 4.68 Å². The van der Waals surface area contributed by atoms with Gasteiger partial charge in [-0.15, -0.1) is 0 Å². The third-order valence-electron chi connectivity index (χ3n) is 7.18. The van der Waals surface area contributed by atoms with Gasteiger partial charge in [0, 0.05) is 30.9 Å². The molecular formula is C25H33ClN4O2. The first-order valence-electron chi connectivity index (χ1n) is 12.1. The van der Waals surface area contributed by atoms with Crippen LogP contribution < -0.4 is 15.8 Å². The van der Waals surface area contributed by atoms with Crippen LogP contribution in [0.5, 0.6) is 0 Å². The maximum atomic E-state index is 13.0. The molecule has 3 fully saturated rings. The van der Waals surface area contributed by atoms with E-state index in [4.69, 9.17) is 16.3 Å². The second-order valence-corrected chi connectivity index (χ2v) is 9.90. The topological polar surface area (TPSA) is 59.4 Å². The summed E-state index contributed by atoms with van der Waals surface area (Å²) in [5.74, 6) is 0.455. The monoisotopic (exact) mass is 456 g/mol. The van der Waals surface area contributed by atoms with Gasteiger partial charge in [-0.1, -0.05) is 29.8 Å². The van der Waals surface area contributed by atoms with E-state index in [9.17, 15) is 4.79 Å². The number of hydrogen-bond donors (Lipinski definition) is 1. The molecule has 6 nitrogen and oxygen atoms in total. The van der Waals surface area contributed by atoms with Gasteiger partial charge in [-0.2, -0.15) is 5.10 Å². The first-order chi connectivity index (χ1) is 15.7.